The standard InChI is InChI=1S/C23H23ClFN3O2S.C22H22ClFN4O5S2/c1-13-15(11-29)9-19(21(13)25)28-23-18(10-26-12-27-23)22(30)20-6-5-17(31-20)8-14-3-2-4-16(24)7-14;23-14-3-1-2-12(6-14)7-15-4-5-18(34-15)21(30)16-9-26-11-27-22(16)28-17-8-13(20(29)19(17)24)10-33-35(25,31)32/h2-7,10,12-13,15,19,21,29H,8-9,11H2,1H3,(H,26,27,28);1-6,9,11,13,17,19-20,29H,7-8,10H2,(H2,25,31,32)(H,26,27,28)/t13-,15-,19-,21+;13-,17-,19-,20-/m11/s1. The monoisotopic (exact) mass is 999 g/mol. The van der Waals surface area contributed by atoms with E-state index in [2.05, 4.69) is 34.8 Å². The molecular weight excluding hydrogens is 956 g/mol. The van der Waals surface area contributed by atoms with Gasteiger partial charge in [0.25, 0.3) is 0 Å². The maximum Gasteiger partial charge on any atom is 0.333 e. The van der Waals surface area contributed by atoms with Crippen molar-refractivity contribution in [2.24, 2.45) is 22.9 Å². The van der Waals surface area contributed by atoms with E-state index in [1.54, 1.807) is 25.1 Å². The van der Waals surface area contributed by atoms with Crippen LogP contribution in [0.25, 0.3) is 0 Å². The van der Waals surface area contributed by atoms with Crippen molar-refractivity contribution in [3.8, 4) is 0 Å². The summed E-state index contributed by atoms with van der Waals surface area (Å²) < 4.78 is 56.0. The number of nitrogens with zero attached hydrogens (tertiary/aromatic N) is 4. The molecule has 0 bridgehead atoms. The molecule has 8 atom stereocenters. The van der Waals surface area contributed by atoms with Crippen molar-refractivity contribution in [2.75, 3.05) is 23.8 Å². The van der Waals surface area contributed by atoms with Gasteiger partial charge in [0.15, 0.2) is 0 Å². The Morgan fingerprint density at radius 1 is 0.788 bits per heavy atom. The maximum atomic E-state index is 14.7. The highest BCUT2D eigenvalue weighted by molar-refractivity contribution is 7.84. The summed E-state index contributed by atoms with van der Waals surface area (Å²) in [4.78, 5) is 45.6. The average Bonchev–Trinajstić information content (AvgIpc) is 4.08. The van der Waals surface area contributed by atoms with Crippen molar-refractivity contribution < 1.29 is 41.2 Å². The van der Waals surface area contributed by atoms with Gasteiger partial charge in [0.05, 0.1) is 45.7 Å². The fourth-order valence-corrected chi connectivity index (χ4v) is 10.8. The maximum absolute atomic E-state index is 14.7. The number of ketones is 2. The van der Waals surface area contributed by atoms with Crippen LogP contribution in [0.1, 0.15) is 71.1 Å². The summed E-state index contributed by atoms with van der Waals surface area (Å²) in [6, 6.07) is 21.0. The van der Waals surface area contributed by atoms with Gasteiger partial charge in [-0.2, -0.15) is 8.42 Å². The molecule has 0 amide bonds. The predicted molar refractivity (Wildman–Crippen MR) is 250 cm³/mol. The molecule has 348 valence electrons. The lowest BCUT2D eigenvalue weighted by Gasteiger charge is -2.18. The third-order valence-corrected chi connectivity index (χ3v) is 14.6. The highest BCUT2D eigenvalue weighted by atomic mass is 35.5. The summed E-state index contributed by atoms with van der Waals surface area (Å²) in [5, 5.41) is 31.7. The lowest BCUT2D eigenvalue weighted by atomic mass is 9.99. The van der Waals surface area contributed by atoms with Crippen molar-refractivity contribution in [3.63, 3.8) is 0 Å². The molecule has 2 saturated carbocycles. The molecule has 2 aliphatic carbocycles. The van der Waals surface area contributed by atoms with E-state index < -0.39 is 53.4 Å². The van der Waals surface area contributed by atoms with E-state index >= 15 is 0 Å². The number of thiophene rings is 2. The third kappa shape index (κ3) is 12.4. The van der Waals surface area contributed by atoms with E-state index in [0.717, 1.165) is 20.9 Å². The van der Waals surface area contributed by atoms with Gasteiger partial charge in [-0.25, -0.2) is 33.9 Å². The summed E-state index contributed by atoms with van der Waals surface area (Å²) in [6.45, 7) is 1.28. The van der Waals surface area contributed by atoms with E-state index in [9.17, 15) is 37.0 Å². The Balaban J connectivity index is 0.000000198. The molecule has 4 heterocycles. The van der Waals surface area contributed by atoms with Crippen molar-refractivity contribution in [1.82, 2.24) is 19.9 Å². The van der Waals surface area contributed by atoms with Crippen LogP contribution in [0.3, 0.4) is 0 Å². The van der Waals surface area contributed by atoms with Crippen LogP contribution in [0, 0.1) is 17.8 Å². The van der Waals surface area contributed by atoms with Crippen LogP contribution in [-0.2, 0) is 27.3 Å². The summed E-state index contributed by atoms with van der Waals surface area (Å²) in [7, 11) is -4.22. The molecule has 14 nitrogen and oxygen atoms in total. The highest BCUT2D eigenvalue weighted by Crippen LogP contribution is 2.37. The van der Waals surface area contributed by atoms with E-state index in [0.29, 0.717) is 50.4 Å². The number of carbonyl (C=O) groups is 2. The number of halogens is 4. The molecule has 0 spiro atoms. The van der Waals surface area contributed by atoms with Gasteiger partial charge in [0, 0.05) is 57.6 Å². The quantitative estimate of drug-likeness (QED) is 0.0594. The second-order valence-electron chi connectivity index (χ2n) is 16.1. The summed E-state index contributed by atoms with van der Waals surface area (Å²) in [6.07, 6.45) is 2.85. The van der Waals surface area contributed by atoms with Gasteiger partial charge in [-0.1, -0.05) is 54.4 Å². The molecule has 0 saturated heterocycles. The Hall–Kier alpha value is -4.83. The van der Waals surface area contributed by atoms with Gasteiger partial charge in [-0.3, -0.25) is 13.8 Å². The average molecular weight is 1000 g/mol. The van der Waals surface area contributed by atoms with Gasteiger partial charge in [0.2, 0.25) is 11.6 Å². The van der Waals surface area contributed by atoms with Gasteiger partial charge >= 0.3 is 10.3 Å². The van der Waals surface area contributed by atoms with Crippen LogP contribution in [-0.4, -0.2) is 93.9 Å². The SMILES string of the molecule is C[C@@H]1[C@@H](CO)C[C@@H](Nc2ncncc2C(=O)c2ccc(Cc3cccc(Cl)c3)s2)[C@H]1F.NS(=O)(=O)OC[C@H]1C[C@@H](Nc2ncncc2C(=O)c2ccc(Cc3cccc(Cl)c3)s2)[C@@H](F)[C@@H]1O. The number of nitrogens with one attached hydrogen (secondary N) is 2. The number of aliphatic hydroxyl groups is 2. The summed E-state index contributed by atoms with van der Waals surface area (Å²) in [5.41, 5.74) is 2.54. The second-order valence-corrected chi connectivity index (χ2v) is 20.5. The van der Waals surface area contributed by atoms with E-state index in [-0.39, 0.29) is 47.8 Å². The first-order valence-electron chi connectivity index (χ1n) is 20.7. The normalized spacial score (nSPS) is 22.7. The molecule has 6 aromatic rings. The fourth-order valence-electron chi connectivity index (χ4n) is 7.98. The first-order valence-corrected chi connectivity index (χ1v) is 24.6. The van der Waals surface area contributed by atoms with Crippen molar-refractivity contribution in [1.29, 1.82) is 0 Å². The molecule has 2 aliphatic rings. The molecule has 2 aromatic carbocycles. The topological polar surface area (TPSA) is 220 Å². The Labute approximate surface area is 397 Å². The zero-order valence-corrected chi connectivity index (χ0v) is 39.1. The summed E-state index contributed by atoms with van der Waals surface area (Å²) in [5.74, 6) is -1.28. The number of carbonyl (C=O) groups excluding carboxylic acids is 2. The smallest absolute Gasteiger partial charge is 0.333 e. The fraction of sp³-hybridized carbons (Fsp3) is 0.333. The van der Waals surface area contributed by atoms with Gasteiger partial charge in [0.1, 0.15) is 36.6 Å². The molecule has 66 heavy (non-hydrogen) atoms. The number of hydrogen-bond acceptors (Lipinski definition) is 15. The minimum absolute atomic E-state index is 0.0400. The van der Waals surface area contributed by atoms with Crippen LogP contribution in [0.2, 0.25) is 10.0 Å². The van der Waals surface area contributed by atoms with Crippen molar-refractivity contribution >= 4 is 79.4 Å². The Morgan fingerprint density at radius 3 is 1.73 bits per heavy atom. The molecular formula is C45H45Cl2F2N7O7S3. The lowest BCUT2D eigenvalue weighted by Crippen LogP contribution is -2.33. The van der Waals surface area contributed by atoms with Crippen LogP contribution < -0.4 is 15.8 Å². The number of anilines is 2. The van der Waals surface area contributed by atoms with Crippen LogP contribution >= 0.6 is 45.9 Å². The van der Waals surface area contributed by atoms with Crippen LogP contribution in [0.5, 0.6) is 0 Å². The number of aromatic nitrogens is 4. The number of nitrogens with two attached hydrogens (primary N) is 1. The minimum atomic E-state index is -4.22. The molecule has 8 rings (SSSR count). The molecule has 0 unspecified atom stereocenters. The van der Waals surface area contributed by atoms with Gasteiger partial charge in [-0.05, 0) is 84.3 Å². The first-order chi connectivity index (χ1) is 31.6. The Kier molecular flexibility index (Phi) is 16.3. The summed E-state index contributed by atoms with van der Waals surface area (Å²) >= 11 is 14.8. The molecule has 6 N–H and O–H groups in total. The zero-order chi connectivity index (χ0) is 47.1. The van der Waals surface area contributed by atoms with E-state index in [1.165, 1.54) is 47.7 Å². The van der Waals surface area contributed by atoms with E-state index in [4.69, 9.17) is 28.3 Å². The molecule has 2 fully saturated rings. The Bertz CT molecular complexity index is 2770. The van der Waals surface area contributed by atoms with Gasteiger partial charge < -0.3 is 20.8 Å². The van der Waals surface area contributed by atoms with Crippen LogP contribution in [0.4, 0.5) is 20.4 Å². The Morgan fingerprint density at radius 2 is 1.27 bits per heavy atom. The molecule has 0 radical (unpaired) electrons. The number of rotatable bonds is 16. The second kappa shape index (κ2) is 21.9. The van der Waals surface area contributed by atoms with E-state index in [1.807, 2.05) is 54.6 Å². The van der Waals surface area contributed by atoms with Crippen molar-refractivity contribution in [3.05, 3.63) is 150 Å². The zero-order valence-electron chi connectivity index (χ0n) is 35.1. The first kappa shape index (κ1) is 49.1. The van der Waals surface area contributed by atoms with Crippen molar-refractivity contribution in [2.45, 2.75) is 63.1 Å². The lowest BCUT2D eigenvalue weighted by molar-refractivity contribution is 0.0501. The number of hydrogen-bond donors (Lipinski definition) is 5. The molecule has 4 aromatic heterocycles. The highest BCUT2D eigenvalue weighted by Gasteiger charge is 2.44. The minimum Gasteiger partial charge on any atom is -0.396 e. The van der Waals surface area contributed by atoms with Crippen LogP contribution in [0.15, 0.2) is 97.8 Å². The number of alkyl halides is 2. The largest absolute Gasteiger partial charge is 0.396 e. The third-order valence-electron chi connectivity index (χ3n) is 11.5. The molecule has 0 aliphatic heterocycles. The number of benzene rings is 2. The molecule has 21 heteroatoms. The number of aliphatic hydroxyl groups excluding tert-OH is 2. The van der Waals surface area contributed by atoms with Gasteiger partial charge in [-0.15, -0.1) is 22.7 Å². The predicted octanol–water partition coefficient (Wildman–Crippen LogP) is 7.51.